The van der Waals surface area contributed by atoms with E-state index in [1.165, 1.54) is 16.9 Å². The van der Waals surface area contributed by atoms with Crippen molar-refractivity contribution in [3.63, 3.8) is 0 Å². The molecule has 5 heteroatoms. The molecule has 0 fully saturated rings. The molecule has 0 aliphatic rings. The Morgan fingerprint density at radius 1 is 1.14 bits per heavy atom. The molecular formula is C17H19ClN2OS. The van der Waals surface area contributed by atoms with Gasteiger partial charge in [-0.25, -0.2) is 5.43 Å². The predicted octanol–water partition coefficient (Wildman–Crippen LogP) is 4.85. The molecule has 3 nitrogen and oxygen atoms in total. The maximum Gasteiger partial charge on any atom is 0.271 e. The molecule has 2 rings (SSSR count). The van der Waals surface area contributed by atoms with E-state index in [9.17, 15) is 4.79 Å². The fourth-order valence-electron chi connectivity index (χ4n) is 1.88. The highest BCUT2D eigenvalue weighted by Crippen LogP contribution is 2.23. The average molecular weight is 335 g/mol. The molecule has 1 N–H and O–H groups in total. The second-order valence-corrected chi connectivity index (χ2v) is 7.78. The monoisotopic (exact) mass is 334 g/mol. The largest absolute Gasteiger partial charge is 0.271 e. The SMILES string of the molecule is C/C(=N\NC(=O)c1ccc(C(C)(C)C)cc1)c1ccc(Cl)s1. The molecule has 0 bridgehead atoms. The van der Waals surface area contributed by atoms with Crippen LogP contribution in [0.1, 0.15) is 48.5 Å². The third-order valence-corrected chi connectivity index (χ3v) is 4.61. The summed E-state index contributed by atoms with van der Waals surface area (Å²) in [6.07, 6.45) is 0. The number of nitrogens with zero attached hydrogens (tertiary/aromatic N) is 1. The molecule has 0 unspecified atom stereocenters. The molecule has 1 heterocycles. The number of rotatable bonds is 3. The lowest BCUT2D eigenvalue weighted by atomic mass is 9.87. The maximum atomic E-state index is 12.1. The first-order valence-corrected chi connectivity index (χ1v) is 8.18. The zero-order valence-corrected chi connectivity index (χ0v) is 14.7. The zero-order chi connectivity index (χ0) is 16.3. The fraction of sp³-hybridized carbons (Fsp3) is 0.294. The van der Waals surface area contributed by atoms with Gasteiger partial charge in [0, 0.05) is 5.56 Å². The van der Waals surface area contributed by atoms with Crippen molar-refractivity contribution in [1.82, 2.24) is 5.43 Å². The minimum Gasteiger partial charge on any atom is -0.267 e. The van der Waals surface area contributed by atoms with Crippen molar-refractivity contribution in [3.05, 3.63) is 56.7 Å². The summed E-state index contributed by atoms with van der Waals surface area (Å²) in [4.78, 5) is 13.0. The summed E-state index contributed by atoms with van der Waals surface area (Å²) in [7, 11) is 0. The summed E-state index contributed by atoms with van der Waals surface area (Å²) >= 11 is 7.32. The number of hydrogen-bond acceptors (Lipinski definition) is 3. The van der Waals surface area contributed by atoms with E-state index >= 15 is 0 Å². The predicted molar refractivity (Wildman–Crippen MR) is 94.1 cm³/mol. The lowest BCUT2D eigenvalue weighted by molar-refractivity contribution is 0.0955. The summed E-state index contributed by atoms with van der Waals surface area (Å²) in [6.45, 7) is 8.26. The van der Waals surface area contributed by atoms with Crippen LogP contribution in [0.2, 0.25) is 4.34 Å². The van der Waals surface area contributed by atoms with E-state index in [-0.39, 0.29) is 11.3 Å². The highest BCUT2D eigenvalue weighted by molar-refractivity contribution is 7.18. The van der Waals surface area contributed by atoms with Crippen LogP contribution in [0.3, 0.4) is 0 Å². The van der Waals surface area contributed by atoms with Crippen LogP contribution < -0.4 is 5.43 Å². The molecule has 0 aliphatic heterocycles. The van der Waals surface area contributed by atoms with Gasteiger partial charge in [0.2, 0.25) is 0 Å². The van der Waals surface area contributed by atoms with Crippen LogP contribution >= 0.6 is 22.9 Å². The summed E-state index contributed by atoms with van der Waals surface area (Å²) < 4.78 is 0.702. The quantitative estimate of drug-likeness (QED) is 0.632. The number of carbonyl (C=O) groups is 1. The van der Waals surface area contributed by atoms with Crippen molar-refractivity contribution in [2.75, 3.05) is 0 Å². The van der Waals surface area contributed by atoms with Crippen LogP contribution in [-0.4, -0.2) is 11.6 Å². The second-order valence-electron chi connectivity index (χ2n) is 6.07. The average Bonchev–Trinajstić information content (AvgIpc) is 2.90. The van der Waals surface area contributed by atoms with Crippen LogP contribution in [0.4, 0.5) is 0 Å². The van der Waals surface area contributed by atoms with Crippen LogP contribution in [0, 0.1) is 0 Å². The van der Waals surface area contributed by atoms with Gasteiger partial charge in [-0.1, -0.05) is 44.5 Å². The Hall–Kier alpha value is -1.65. The third kappa shape index (κ3) is 4.18. The first-order valence-electron chi connectivity index (χ1n) is 6.98. The van der Waals surface area contributed by atoms with Crippen LogP contribution in [0.25, 0.3) is 0 Å². The van der Waals surface area contributed by atoms with Crippen molar-refractivity contribution in [3.8, 4) is 0 Å². The summed E-state index contributed by atoms with van der Waals surface area (Å²) in [5, 5.41) is 4.12. The van der Waals surface area contributed by atoms with Crippen LogP contribution in [-0.2, 0) is 5.41 Å². The van der Waals surface area contributed by atoms with Gasteiger partial charge in [0.15, 0.2) is 0 Å². The Labute approximate surface area is 140 Å². The van der Waals surface area contributed by atoms with Crippen molar-refractivity contribution < 1.29 is 4.79 Å². The normalized spacial score (nSPS) is 12.3. The molecular weight excluding hydrogens is 316 g/mol. The summed E-state index contributed by atoms with van der Waals surface area (Å²) in [5.74, 6) is -0.220. The van der Waals surface area contributed by atoms with Crippen molar-refractivity contribution >= 4 is 34.6 Å². The summed E-state index contributed by atoms with van der Waals surface area (Å²) in [5.41, 5.74) is 5.16. The number of hydrogen-bond donors (Lipinski definition) is 1. The Kier molecular flexibility index (Phi) is 5.04. The van der Waals surface area contributed by atoms with E-state index in [0.29, 0.717) is 9.90 Å². The van der Waals surface area contributed by atoms with E-state index in [0.717, 1.165) is 10.6 Å². The summed E-state index contributed by atoms with van der Waals surface area (Å²) in [6, 6.07) is 11.3. The number of halogens is 1. The van der Waals surface area contributed by atoms with E-state index in [4.69, 9.17) is 11.6 Å². The van der Waals surface area contributed by atoms with Gasteiger partial charge in [0.25, 0.3) is 5.91 Å². The highest BCUT2D eigenvalue weighted by Gasteiger charge is 2.14. The van der Waals surface area contributed by atoms with E-state index in [1.807, 2.05) is 43.3 Å². The van der Waals surface area contributed by atoms with Gasteiger partial charge in [-0.15, -0.1) is 11.3 Å². The van der Waals surface area contributed by atoms with Crippen LogP contribution in [0.15, 0.2) is 41.5 Å². The number of benzene rings is 1. The Balaban J connectivity index is 2.06. The minimum atomic E-state index is -0.220. The number of nitrogens with one attached hydrogen (secondary N) is 1. The third-order valence-electron chi connectivity index (χ3n) is 3.27. The Morgan fingerprint density at radius 3 is 2.27 bits per heavy atom. The number of carbonyl (C=O) groups excluding carboxylic acids is 1. The smallest absolute Gasteiger partial charge is 0.267 e. The molecule has 22 heavy (non-hydrogen) atoms. The van der Waals surface area contributed by atoms with Gasteiger partial charge in [-0.2, -0.15) is 5.10 Å². The zero-order valence-electron chi connectivity index (χ0n) is 13.1. The molecule has 116 valence electrons. The van der Waals surface area contributed by atoms with Gasteiger partial charge in [-0.05, 0) is 42.2 Å². The van der Waals surface area contributed by atoms with Crippen molar-refractivity contribution in [2.45, 2.75) is 33.1 Å². The first kappa shape index (κ1) is 16.7. The fourth-order valence-corrected chi connectivity index (χ4v) is 2.87. The molecule has 0 atom stereocenters. The molecule has 0 saturated carbocycles. The number of thiophene rings is 1. The molecule has 1 amide bonds. The van der Waals surface area contributed by atoms with Gasteiger partial charge in [0.1, 0.15) is 0 Å². The maximum absolute atomic E-state index is 12.1. The minimum absolute atomic E-state index is 0.0716. The Morgan fingerprint density at radius 2 is 1.77 bits per heavy atom. The second kappa shape index (κ2) is 6.63. The number of hydrazone groups is 1. The van der Waals surface area contributed by atoms with Gasteiger partial charge in [0.05, 0.1) is 14.9 Å². The van der Waals surface area contributed by atoms with E-state index in [1.54, 1.807) is 0 Å². The van der Waals surface area contributed by atoms with E-state index in [2.05, 4.69) is 31.3 Å². The standard InChI is InChI=1S/C17H19ClN2OS/c1-11(14-9-10-15(18)22-14)19-20-16(21)12-5-7-13(8-6-12)17(2,3)4/h5-10H,1-4H3,(H,20,21)/b19-11+. The van der Waals surface area contributed by atoms with Crippen molar-refractivity contribution in [2.24, 2.45) is 5.10 Å². The molecule has 1 aromatic carbocycles. The Bertz CT molecular complexity index is 696. The van der Waals surface area contributed by atoms with Gasteiger partial charge >= 0.3 is 0 Å². The topological polar surface area (TPSA) is 41.5 Å². The van der Waals surface area contributed by atoms with Gasteiger partial charge in [-0.3, -0.25) is 4.79 Å². The van der Waals surface area contributed by atoms with E-state index < -0.39 is 0 Å². The molecule has 0 saturated heterocycles. The lowest BCUT2D eigenvalue weighted by Crippen LogP contribution is -2.19. The lowest BCUT2D eigenvalue weighted by Gasteiger charge is -2.18. The van der Waals surface area contributed by atoms with Crippen molar-refractivity contribution in [1.29, 1.82) is 0 Å². The molecule has 0 spiro atoms. The molecule has 1 aromatic heterocycles. The first-order chi connectivity index (χ1) is 10.3. The van der Waals surface area contributed by atoms with Gasteiger partial charge < -0.3 is 0 Å². The molecule has 0 aliphatic carbocycles. The highest BCUT2D eigenvalue weighted by atomic mass is 35.5. The molecule has 2 aromatic rings. The number of amides is 1. The molecule has 0 radical (unpaired) electrons. The van der Waals surface area contributed by atoms with Crippen LogP contribution in [0.5, 0.6) is 0 Å².